The van der Waals surface area contributed by atoms with Crippen LogP contribution in [0.3, 0.4) is 0 Å². The van der Waals surface area contributed by atoms with E-state index in [4.69, 9.17) is 9.15 Å². The zero-order chi connectivity index (χ0) is 15.9. The van der Waals surface area contributed by atoms with E-state index < -0.39 is 0 Å². The summed E-state index contributed by atoms with van der Waals surface area (Å²) in [5.41, 5.74) is 2.50. The van der Waals surface area contributed by atoms with Gasteiger partial charge >= 0.3 is 0 Å². The highest BCUT2D eigenvalue weighted by molar-refractivity contribution is 5.92. The van der Waals surface area contributed by atoms with Crippen LogP contribution < -0.4 is 10.2 Å². The first-order valence-electron chi connectivity index (χ1n) is 6.93. The van der Waals surface area contributed by atoms with Crippen LogP contribution in [-0.4, -0.2) is 12.2 Å². The summed E-state index contributed by atoms with van der Waals surface area (Å²) in [6.45, 7) is 3.43. The van der Waals surface area contributed by atoms with Crippen LogP contribution in [-0.2, 0) is 0 Å². The van der Waals surface area contributed by atoms with Crippen LogP contribution in [0.1, 0.15) is 11.1 Å². The standard InChI is InChI=1S/C18H16O4/c1-10-15(19)11(2)18-14(17(10)21-3)16(20)13(9-22-18)12-7-5-4-6-8-12/h4-9,19H,1-3H3. The lowest BCUT2D eigenvalue weighted by Gasteiger charge is -2.13. The summed E-state index contributed by atoms with van der Waals surface area (Å²) in [5.74, 6) is 0.435. The molecule has 3 aromatic rings. The average molecular weight is 296 g/mol. The minimum Gasteiger partial charge on any atom is -0.507 e. The Bertz CT molecular complexity index is 908. The van der Waals surface area contributed by atoms with Crippen molar-refractivity contribution in [2.45, 2.75) is 13.8 Å². The second kappa shape index (κ2) is 5.22. The smallest absolute Gasteiger partial charge is 0.204 e. The molecule has 112 valence electrons. The van der Waals surface area contributed by atoms with Gasteiger partial charge in [0.2, 0.25) is 5.43 Å². The molecule has 0 amide bonds. The number of aromatic hydroxyl groups is 1. The normalized spacial score (nSPS) is 10.9. The summed E-state index contributed by atoms with van der Waals surface area (Å²) in [6, 6.07) is 9.32. The van der Waals surface area contributed by atoms with Crippen molar-refractivity contribution in [3.05, 3.63) is 57.9 Å². The van der Waals surface area contributed by atoms with Crippen LogP contribution in [0.15, 0.2) is 45.8 Å². The molecule has 2 aromatic carbocycles. The molecule has 0 bridgehead atoms. The highest BCUT2D eigenvalue weighted by Crippen LogP contribution is 2.38. The summed E-state index contributed by atoms with van der Waals surface area (Å²) in [4.78, 5) is 12.9. The van der Waals surface area contributed by atoms with E-state index in [1.165, 1.54) is 13.4 Å². The fourth-order valence-corrected chi connectivity index (χ4v) is 2.71. The Labute approximate surface area is 127 Å². The monoisotopic (exact) mass is 296 g/mol. The first-order valence-corrected chi connectivity index (χ1v) is 6.93. The maximum Gasteiger partial charge on any atom is 0.204 e. The van der Waals surface area contributed by atoms with Crippen LogP contribution in [0.25, 0.3) is 22.1 Å². The number of hydrogen-bond acceptors (Lipinski definition) is 4. The Morgan fingerprint density at radius 3 is 2.41 bits per heavy atom. The van der Waals surface area contributed by atoms with Crippen molar-refractivity contribution in [3.8, 4) is 22.6 Å². The highest BCUT2D eigenvalue weighted by atomic mass is 16.5. The van der Waals surface area contributed by atoms with Gasteiger partial charge in [-0.3, -0.25) is 4.79 Å². The number of methoxy groups -OCH3 is 1. The molecule has 0 atom stereocenters. The lowest BCUT2D eigenvalue weighted by atomic mass is 10.0. The predicted molar refractivity (Wildman–Crippen MR) is 85.6 cm³/mol. The number of fused-ring (bicyclic) bond motifs is 1. The number of rotatable bonds is 2. The fourth-order valence-electron chi connectivity index (χ4n) is 2.71. The Hall–Kier alpha value is -2.75. The number of phenols is 1. The minimum atomic E-state index is -0.171. The molecule has 0 aliphatic heterocycles. The Balaban J connectivity index is 2.46. The van der Waals surface area contributed by atoms with Crippen molar-refractivity contribution in [2.75, 3.05) is 7.11 Å². The lowest BCUT2D eigenvalue weighted by molar-refractivity contribution is 0.405. The van der Waals surface area contributed by atoms with E-state index in [-0.39, 0.29) is 11.2 Å². The van der Waals surface area contributed by atoms with E-state index in [1.54, 1.807) is 13.8 Å². The van der Waals surface area contributed by atoms with Gasteiger partial charge in [-0.2, -0.15) is 0 Å². The van der Waals surface area contributed by atoms with Gasteiger partial charge in [0.25, 0.3) is 0 Å². The number of aryl methyl sites for hydroxylation is 1. The van der Waals surface area contributed by atoms with Crippen LogP contribution in [0, 0.1) is 13.8 Å². The molecule has 0 radical (unpaired) electrons. The van der Waals surface area contributed by atoms with Crippen molar-refractivity contribution < 1.29 is 14.3 Å². The SMILES string of the molecule is COc1c(C)c(O)c(C)c2occ(-c3ccccc3)c(=O)c12. The third kappa shape index (κ3) is 1.96. The summed E-state index contributed by atoms with van der Waals surface area (Å²) in [7, 11) is 1.48. The van der Waals surface area contributed by atoms with Crippen LogP contribution in [0.2, 0.25) is 0 Å². The van der Waals surface area contributed by atoms with Gasteiger partial charge in [-0.15, -0.1) is 0 Å². The quantitative estimate of drug-likeness (QED) is 0.781. The molecular weight excluding hydrogens is 280 g/mol. The van der Waals surface area contributed by atoms with E-state index in [0.717, 1.165) is 5.56 Å². The maximum absolute atomic E-state index is 12.9. The summed E-state index contributed by atoms with van der Waals surface area (Å²) in [5, 5.41) is 10.5. The molecule has 1 heterocycles. The first-order chi connectivity index (χ1) is 10.6. The molecule has 0 aliphatic rings. The first kappa shape index (κ1) is 14.2. The number of benzene rings is 2. The van der Waals surface area contributed by atoms with Gasteiger partial charge in [-0.05, 0) is 19.4 Å². The molecular formula is C18H16O4. The average Bonchev–Trinajstić information content (AvgIpc) is 2.55. The van der Waals surface area contributed by atoms with Crippen molar-refractivity contribution in [2.24, 2.45) is 0 Å². The molecule has 3 rings (SSSR count). The van der Waals surface area contributed by atoms with Gasteiger partial charge in [0.15, 0.2) is 0 Å². The zero-order valence-electron chi connectivity index (χ0n) is 12.6. The molecule has 0 saturated heterocycles. The van der Waals surface area contributed by atoms with Gasteiger partial charge < -0.3 is 14.3 Å². The van der Waals surface area contributed by atoms with E-state index in [0.29, 0.717) is 33.4 Å². The largest absolute Gasteiger partial charge is 0.507 e. The third-order valence-corrected chi connectivity index (χ3v) is 3.90. The van der Waals surface area contributed by atoms with E-state index >= 15 is 0 Å². The second-order valence-electron chi connectivity index (χ2n) is 5.18. The van der Waals surface area contributed by atoms with Gasteiger partial charge in [0.1, 0.15) is 28.7 Å². The van der Waals surface area contributed by atoms with Gasteiger partial charge in [0.05, 0.1) is 12.7 Å². The Morgan fingerprint density at radius 2 is 1.77 bits per heavy atom. The van der Waals surface area contributed by atoms with Crippen LogP contribution in [0.5, 0.6) is 11.5 Å². The minimum absolute atomic E-state index is 0.0833. The molecule has 0 fully saturated rings. The lowest BCUT2D eigenvalue weighted by Crippen LogP contribution is -2.08. The Morgan fingerprint density at radius 1 is 1.09 bits per heavy atom. The Kier molecular flexibility index (Phi) is 3.37. The third-order valence-electron chi connectivity index (χ3n) is 3.90. The number of phenolic OH excluding ortho intramolecular Hbond substituents is 1. The molecule has 0 spiro atoms. The highest BCUT2D eigenvalue weighted by Gasteiger charge is 2.20. The van der Waals surface area contributed by atoms with Gasteiger partial charge in [0, 0.05) is 11.1 Å². The van der Waals surface area contributed by atoms with Crippen LogP contribution >= 0.6 is 0 Å². The molecule has 0 saturated carbocycles. The van der Waals surface area contributed by atoms with E-state index in [2.05, 4.69) is 0 Å². The molecule has 1 N–H and O–H groups in total. The maximum atomic E-state index is 12.9. The molecule has 22 heavy (non-hydrogen) atoms. The molecule has 0 aliphatic carbocycles. The van der Waals surface area contributed by atoms with Crippen molar-refractivity contribution >= 4 is 11.0 Å². The summed E-state index contributed by atoms with van der Waals surface area (Å²) >= 11 is 0. The molecule has 1 aromatic heterocycles. The molecule has 4 nitrogen and oxygen atoms in total. The van der Waals surface area contributed by atoms with Crippen molar-refractivity contribution in [3.63, 3.8) is 0 Å². The van der Waals surface area contributed by atoms with Crippen molar-refractivity contribution in [1.29, 1.82) is 0 Å². The number of hydrogen-bond donors (Lipinski definition) is 1. The van der Waals surface area contributed by atoms with Gasteiger partial charge in [-0.25, -0.2) is 0 Å². The fraction of sp³-hybridized carbons (Fsp3) is 0.167. The topological polar surface area (TPSA) is 59.7 Å². The van der Waals surface area contributed by atoms with Gasteiger partial charge in [-0.1, -0.05) is 30.3 Å². The summed E-state index contributed by atoms with van der Waals surface area (Å²) in [6.07, 6.45) is 1.43. The molecule has 0 unspecified atom stereocenters. The zero-order valence-corrected chi connectivity index (χ0v) is 12.6. The summed E-state index contributed by atoms with van der Waals surface area (Å²) < 4.78 is 11.0. The van der Waals surface area contributed by atoms with E-state index in [9.17, 15) is 9.90 Å². The predicted octanol–water partition coefficient (Wildman–Crippen LogP) is 3.79. The number of ether oxygens (including phenoxy) is 1. The van der Waals surface area contributed by atoms with E-state index in [1.807, 2.05) is 30.3 Å². The molecule has 4 heteroatoms. The second-order valence-corrected chi connectivity index (χ2v) is 5.18. The van der Waals surface area contributed by atoms with Crippen molar-refractivity contribution in [1.82, 2.24) is 0 Å². The van der Waals surface area contributed by atoms with Crippen LogP contribution in [0.4, 0.5) is 0 Å².